The first-order valence-corrected chi connectivity index (χ1v) is 17.2. The third-order valence-corrected chi connectivity index (χ3v) is 10.2. The maximum absolute atomic E-state index is 15.4. The largest absolute Gasteiger partial charge is 0.497 e. The van der Waals surface area contributed by atoms with Crippen molar-refractivity contribution in [3.63, 3.8) is 0 Å². The van der Waals surface area contributed by atoms with Gasteiger partial charge < -0.3 is 52.7 Å². The zero-order valence-corrected chi connectivity index (χ0v) is 31.3. The fourth-order valence-corrected chi connectivity index (χ4v) is 7.68. The van der Waals surface area contributed by atoms with Crippen molar-refractivity contribution in [1.82, 2.24) is 5.32 Å². The number of halogens is 1. The number of esters is 1. The molecule has 2 heterocycles. The molecule has 4 aromatic carbocycles. The molecule has 0 radical (unpaired) electrons. The van der Waals surface area contributed by atoms with Gasteiger partial charge in [-0.1, -0.05) is 0 Å². The van der Waals surface area contributed by atoms with Gasteiger partial charge in [0.15, 0.2) is 34.5 Å². The molecule has 0 aromatic heterocycles. The summed E-state index contributed by atoms with van der Waals surface area (Å²) in [4.78, 5) is 28.7. The summed E-state index contributed by atoms with van der Waals surface area (Å²) in [5, 5.41) is 3.19. The molecular formula is C41H40FNO12. The quantitative estimate of drug-likeness (QED) is 0.104. The number of carbonyl (C=O) groups is 2. The zero-order chi connectivity index (χ0) is 39.0. The topological polar surface area (TPSA) is 138 Å². The highest BCUT2D eigenvalue weighted by Crippen LogP contribution is 2.56. The predicted molar refractivity (Wildman–Crippen MR) is 196 cm³/mol. The molecule has 1 saturated heterocycles. The standard InChI is InChI=1S/C41H40FNO12/c1-46-23-8-9-28(42)21(10-23)11-24(20-12-31(47-2)38(51-6)32(13-20)48-3)40(44)43-37-26-17-30-29(54-19-55-30)16-25(26)35(36-27(37)18-53-41(36)45)22-14-33(49-4)39(52-7)34(15-22)50-5/h8-17,27,35-37H,18-19H2,1-7H3,(H,43,44)/b24-11+/t27-,35+,36-,37+/m0/s1. The van der Waals surface area contributed by atoms with E-state index < -0.39 is 41.5 Å². The van der Waals surface area contributed by atoms with E-state index in [1.807, 2.05) is 12.1 Å². The van der Waals surface area contributed by atoms with Gasteiger partial charge in [-0.2, -0.15) is 0 Å². The molecule has 1 N–H and O–H groups in total. The lowest BCUT2D eigenvalue weighted by Gasteiger charge is -2.39. The highest BCUT2D eigenvalue weighted by Gasteiger charge is 2.53. The number of hydrogen-bond acceptors (Lipinski definition) is 12. The Bertz CT molecular complexity index is 2130. The van der Waals surface area contributed by atoms with Gasteiger partial charge in [0.2, 0.25) is 18.3 Å². The van der Waals surface area contributed by atoms with Crippen molar-refractivity contribution in [1.29, 1.82) is 0 Å². The van der Waals surface area contributed by atoms with E-state index in [1.165, 1.54) is 74.0 Å². The van der Waals surface area contributed by atoms with E-state index >= 15 is 4.39 Å². The molecule has 0 saturated carbocycles. The predicted octanol–water partition coefficient (Wildman–Crippen LogP) is 5.95. The first kappa shape index (κ1) is 37.0. The number of amides is 1. The summed E-state index contributed by atoms with van der Waals surface area (Å²) in [6.07, 6.45) is 1.42. The Hall–Kier alpha value is -6.31. The molecule has 55 heavy (non-hydrogen) atoms. The van der Waals surface area contributed by atoms with E-state index in [0.29, 0.717) is 62.5 Å². The average Bonchev–Trinajstić information content (AvgIpc) is 3.84. The fraction of sp³-hybridized carbons (Fsp3) is 0.317. The van der Waals surface area contributed by atoms with Crippen LogP contribution in [0.3, 0.4) is 0 Å². The highest BCUT2D eigenvalue weighted by atomic mass is 19.1. The van der Waals surface area contributed by atoms with Crippen molar-refractivity contribution in [2.75, 3.05) is 63.2 Å². The lowest BCUT2D eigenvalue weighted by Crippen LogP contribution is -2.43. The second-order valence-corrected chi connectivity index (χ2v) is 12.9. The monoisotopic (exact) mass is 757 g/mol. The summed E-state index contributed by atoms with van der Waals surface area (Å²) in [6, 6.07) is 13.9. The van der Waals surface area contributed by atoms with Gasteiger partial charge in [0.25, 0.3) is 5.91 Å². The van der Waals surface area contributed by atoms with Crippen LogP contribution in [-0.4, -0.2) is 75.0 Å². The maximum Gasteiger partial charge on any atom is 0.310 e. The third-order valence-electron chi connectivity index (χ3n) is 10.2. The molecule has 0 spiro atoms. The minimum atomic E-state index is -0.785. The number of nitrogens with one attached hydrogen (secondary N) is 1. The van der Waals surface area contributed by atoms with Crippen LogP contribution in [0.15, 0.2) is 54.6 Å². The van der Waals surface area contributed by atoms with Crippen LogP contribution in [0.5, 0.6) is 51.7 Å². The van der Waals surface area contributed by atoms with Crippen molar-refractivity contribution >= 4 is 23.5 Å². The van der Waals surface area contributed by atoms with Crippen LogP contribution in [0.1, 0.15) is 39.8 Å². The molecule has 1 amide bonds. The summed E-state index contributed by atoms with van der Waals surface area (Å²) >= 11 is 0. The van der Waals surface area contributed by atoms with Gasteiger partial charge in [-0.15, -0.1) is 0 Å². The molecule has 14 heteroatoms. The number of carbonyl (C=O) groups excluding carboxylic acids is 2. The molecule has 4 atom stereocenters. The lowest BCUT2D eigenvalue weighted by molar-refractivity contribution is -0.141. The summed E-state index contributed by atoms with van der Waals surface area (Å²) in [5.74, 6) is -0.0949. The SMILES string of the molecule is COc1ccc(F)c(/C=C(/C(=O)N[C@@H]2c3cc4c(cc3[C@@H](c3cc(OC)c(OC)c(OC)c3)[C@H]3C(=O)OC[C@@H]32)OCO4)c2cc(OC)c(OC)c(OC)c2)c1. The highest BCUT2D eigenvalue weighted by molar-refractivity contribution is 6.24. The van der Waals surface area contributed by atoms with Gasteiger partial charge in [0.05, 0.1) is 68.3 Å². The van der Waals surface area contributed by atoms with Gasteiger partial charge in [0.1, 0.15) is 11.6 Å². The molecule has 13 nitrogen and oxygen atoms in total. The van der Waals surface area contributed by atoms with Crippen LogP contribution < -0.4 is 47.9 Å². The molecule has 0 bridgehead atoms. The van der Waals surface area contributed by atoms with Gasteiger partial charge in [0, 0.05) is 23.0 Å². The second kappa shape index (κ2) is 15.2. The van der Waals surface area contributed by atoms with E-state index in [2.05, 4.69) is 5.32 Å². The molecule has 1 fully saturated rings. The Kier molecular flexibility index (Phi) is 10.2. The summed E-state index contributed by atoms with van der Waals surface area (Å²) in [7, 11) is 10.4. The third kappa shape index (κ3) is 6.51. The Morgan fingerprint density at radius 3 is 1.87 bits per heavy atom. The number of hydrogen-bond donors (Lipinski definition) is 1. The van der Waals surface area contributed by atoms with Gasteiger partial charge >= 0.3 is 5.97 Å². The number of ether oxygens (including phenoxy) is 10. The number of rotatable bonds is 12. The fourth-order valence-electron chi connectivity index (χ4n) is 7.68. The van der Waals surface area contributed by atoms with E-state index in [-0.39, 0.29) is 36.0 Å². The first-order chi connectivity index (χ1) is 26.7. The van der Waals surface area contributed by atoms with Crippen molar-refractivity contribution in [2.24, 2.45) is 11.8 Å². The van der Waals surface area contributed by atoms with Gasteiger partial charge in [-0.05, 0) is 82.9 Å². The van der Waals surface area contributed by atoms with Crippen LogP contribution in [0.25, 0.3) is 11.6 Å². The van der Waals surface area contributed by atoms with Crippen LogP contribution in [0, 0.1) is 17.7 Å². The molecule has 0 unspecified atom stereocenters. The molecule has 7 rings (SSSR count). The molecular weight excluding hydrogens is 717 g/mol. The Labute approximate surface area is 316 Å². The zero-order valence-electron chi connectivity index (χ0n) is 31.3. The van der Waals surface area contributed by atoms with E-state index in [0.717, 1.165) is 0 Å². The lowest BCUT2D eigenvalue weighted by atomic mass is 9.65. The molecule has 1 aliphatic carbocycles. The van der Waals surface area contributed by atoms with Crippen LogP contribution >= 0.6 is 0 Å². The Morgan fingerprint density at radius 2 is 1.31 bits per heavy atom. The van der Waals surface area contributed by atoms with Crippen molar-refractivity contribution in [3.05, 3.63) is 88.2 Å². The van der Waals surface area contributed by atoms with E-state index in [1.54, 1.807) is 24.3 Å². The second-order valence-electron chi connectivity index (χ2n) is 12.9. The molecule has 288 valence electrons. The Balaban J connectivity index is 1.40. The van der Waals surface area contributed by atoms with Crippen molar-refractivity contribution in [3.8, 4) is 51.7 Å². The normalized spacial score (nSPS) is 19.4. The van der Waals surface area contributed by atoms with Crippen molar-refractivity contribution < 1.29 is 61.3 Å². The molecule has 3 aliphatic rings. The van der Waals surface area contributed by atoms with E-state index in [4.69, 9.17) is 47.4 Å². The smallest absolute Gasteiger partial charge is 0.310 e. The summed E-state index contributed by atoms with van der Waals surface area (Å²) < 4.78 is 71.8. The van der Waals surface area contributed by atoms with E-state index in [9.17, 15) is 9.59 Å². The van der Waals surface area contributed by atoms with Crippen molar-refractivity contribution in [2.45, 2.75) is 12.0 Å². The maximum atomic E-state index is 15.4. The first-order valence-electron chi connectivity index (χ1n) is 17.2. The minimum Gasteiger partial charge on any atom is -0.497 e. The average molecular weight is 758 g/mol. The van der Waals surface area contributed by atoms with Crippen LogP contribution in [0.2, 0.25) is 0 Å². The number of methoxy groups -OCH3 is 7. The number of fused-ring (bicyclic) bond motifs is 3. The summed E-state index contributed by atoms with van der Waals surface area (Å²) in [6.45, 7) is 0.0100. The Morgan fingerprint density at radius 1 is 0.727 bits per heavy atom. The number of benzene rings is 4. The minimum absolute atomic E-state index is 0.000870. The molecule has 2 aliphatic heterocycles. The molecule has 4 aromatic rings. The van der Waals surface area contributed by atoms with Gasteiger partial charge in [-0.3, -0.25) is 9.59 Å². The summed E-state index contributed by atoms with van der Waals surface area (Å²) in [5.41, 5.74) is 2.54. The van der Waals surface area contributed by atoms with Gasteiger partial charge in [-0.25, -0.2) is 4.39 Å². The number of cyclic esters (lactones) is 1. The van der Waals surface area contributed by atoms with Crippen LogP contribution in [0.4, 0.5) is 4.39 Å². The van der Waals surface area contributed by atoms with Crippen LogP contribution in [-0.2, 0) is 14.3 Å².